The van der Waals surface area contributed by atoms with E-state index in [0.717, 1.165) is 33.3 Å². The first kappa shape index (κ1) is 33.7. The molecule has 2 aliphatic heterocycles. The zero-order valence-electron chi connectivity index (χ0n) is 33.4. The monoisotopic (exact) mass is 783 g/mol. The molecule has 8 aliphatic rings. The van der Waals surface area contributed by atoms with Gasteiger partial charge in [0, 0.05) is 74.4 Å². The minimum absolute atomic E-state index is 0.0388. The molecule has 0 radical (unpaired) electrons. The van der Waals surface area contributed by atoms with Crippen LogP contribution < -0.4 is 9.64 Å². The number of benzene rings is 5. The molecule has 6 aliphatic carbocycles. The molecule has 5 aromatic carbocycles. The summed E-state index contributed by atoms with van der Waals surface area (Å²) in [4.78, 5) is 2.56. The maximum absolute atomic E-state index is 6.69. The molecular weight excluding hydrogens is 743 g/mol. The number of rotatable bonds is 4. The van der Waals surface area contributed by atoms with Gasteiger partial charge in [0.05, 0.1) is 6.04 Å². The van der Waals surface area contributed by atoms with Gasteiger partial charge < -0.3 is 14.1 Å². The number of allylic oxidation sites excluding steroid dienone is 15. The van der Waals surface area contributed by atoms with Crippen molar-refractivity contribution in [2.24, 2.45) is 23.7 Å². The Morgan fingerprint density at radius 1 is 0.541 bits per heavy atom. The zero-order chi connectivity index (χ0) is 39.8. The molecule has 3 nitrogen and oxygen atoms in total. The van der Waals surface area contributed by atoms with Gasteiger partial charge in [-0.1, -0.05) is 164 Å². The minimum atomic E-state index is -0.0388. The highest BCUT2D eigenvalue weighted by Crippen LogP contribution is 2.55. The van der Waals surface area contributed by atoms with Gasteiger partial charge in [0.25, 0.3) is 0 Å². The van der Waals surface area contributed by atoms with E-state index in [9.17, 15) is 0 Å². The van der Waals surface area contributed by atoms with Gasteiger partial charge in [-0.25, -0.2) is 0 Å². The Morgan fingerprint density at radius 3 is 2.34 bits per heavy atom. The van der Waals surface area contributed by atoms with Gasteiger partial charge in [0.15, 0.2) is 0 Å². The van der Waals surface area contributed by atoms with Crippen LogP contribution in [0.4, 0.5) is 11.4 Å². The number of ether oxygens (including phenoxy) is 1. The van der Waals surface area contributed by atoms with Crippen molar-refractivity contribution < 1.29 is 9.15 Å². The van der Waals surface area contributed by atoms with Gasteiger partial charge >= 0.3 is 0 Å². The van der Waals surface area contributed by atoms with Crippen molar-refractivity contribution in [2.75, 3.05) is 4.90 Å². The lowest BCUT2D eigenvalue weighted by Crippen LogP contribution is -2.37. The maximum atomic E-state index is 6.69. The standard InChI is InChI=1S/C58H41NO2/c1-3-16-53-44(10-1)47-14-6-12-42(57(47)60-53)38-24-30-51-49(32-38)50-33-39(43-13-7-15-48-45-11-2-4-17-54(45)61-58(43)48)25-31-52(50)59(51)40-26-20-34(21-27-40)41-28-22-37-19-18-35-8-5-9-36-23-29-46(41)56(37)55(35)36/h1-33,35,46-47,49,51,55-57H. The molecule has 6 aromatic rings. The van der Waals surface area contributed by atoms with E-state index in [1.807, 2.05) is 6.07 Å². The van der Waals surface area contributed by atoms with Gasteiger partial charge in [0.1, 0.15) is 23.0 Å². The third kappa shape index (κ3) is 4.86. The fourth-order valence-corrected chi connectivity index (χ4v) is 12.1. The first-order valence-corrected chi connectivity index (χ1v) is 21.9. The van der Waals surface area contributed by atoms with Crippen LogP contribution in [-0.2, 0) is 0 Å². The molecule has 0 saturated carbocycles. The molecule has 0 spiro atoms. The number of anilines is 2. The highest BCUT2D eigenvalue weighted by Gasteiger charge is 2.45. The predicted octanol–water partition coefficient (Wildman–Crippen LogP) is 13.8. The Kier molecular flexibility index (Phi) is 7.02. The second kappa shape index (κ2) is 12.7. The Hall–Kier alpha value is -7.10. The number of para-hydroxylation sites is 3. The highest BCUT2D eigenvalue weighted by atomic mass is 16.5. The van der Waals surface area contributed by atoms with E-state index in [1.54, 1.807) is 0 Å². The van der Waals surface area contributed by atoms with E-state index in [4.69, 9.17) is 9.15 Å². The molecule has 14 rings (SSSR count). The lowest BCUT2D eigenvalue weighted by Gasteiger charge is -2.46. The largest absolute Gasteiger partial charge is 0.484 e. The van der Waals surface area contributed by atoms with Crippen LogP contribution in [0, 0.1) is 23.7 Å². The Balaban J connectivity index is 0.860. The number of hydrogen-bond donors (Lipinski definition) is 0. The van der Waals surface area contributed by atoms with Crippen molar-refractivity contribution in [1.82, 2.24) is 0 Å². The summed E-state index contributed by atoms with van der Waals surface area (Å²) in [7, 11) is 0. The second-order valence-corrected chi connectivity index (χ2v) is 17.8. The molecule has 0 N–H and O–H groups in total. The number of fused-ring (bicyclic) bond motifs is 9. The van der Waals surface area contributed by atoms with Crippen LogP contribution >= 0.6 is 0 Å². The van der Waals surface area contributed by atoms with Crippen molar-refractivity contribution in [3.8, 4) is 16.9 Å². The summed E-state index contributed by atoms with van der Waals surface area (Å²) in [6.45, 7) is 0. The van der Waals surface area contributed by atoms with Gasteiger partial charge in [-0.15, -0.1) is 0 Å². The smallest absolute Gasteiger partial charge is 0.143 e. The molecule has 290 valence electrons. The number of furan rings is 1. The average molecular weight is 784 g/mol. The van der Waals surface area contributed by atoms with Gasteiger partial charge in [-0.3, -0.25) is 0 Å². The van der Waals surface area contributed by atoms with Crippen LogP contribution in [0.1, 0.15) is 28.5 Å². The third-order valence-corrected chi connectivity index (χ3v) is 14.8. The minimum Gasteiger partial charge on any atom is -0.484 e. The molecule has 8 atom stereocenters. The van der Waals surface area contributed by atoms with Crippen molar-refractivity contribution in [1.29, 1.82) is 0 Å². The third-order valence-electron chi connectivity index (χ3n) is 14.8. The van der Waals surface area contributed by atoms with Crippen LogP contribution in [-0.4, -0.2) is 12.1 Å². The average Bonchev–Trinajstić information content (AvgIpc) is 4.00. The first-order chi connectivity index (χ1) is 30.2. The molecule has 3 heterocycles. The maximum Gasteiger partial charge on any atom is 0.143 e. The molecule has 0 amide bonds. The predicted molar refractivity (Wildman–Crippen MR) is 248 cm³/mol. The van der Waals surface area contributed by atoms with E-state index in [2.05, 4.69) is 199 Å². The molecule has 0 fully saturated rings. The van der Waals surface area contributed by atoms with Gasteiger partial charge in [-0.2, -0.15) is 0 Å². The van der Waals surface area contributed by atoms with Gasteiger partial charge in [0.2, 0.25) is 0 Å². The molecule has 61 heavy (non-hydrogen) atoms. The van der Waals surface area contributed by atoms with E-state index < -0.39 is 0 Å². The summed E-state index contributed by atoms with van der Waals surface area (Å²) in [5.41, 5.74) is 17.3. The second-order valence-electron chi connectivity index (χ2n) is 17.8. The summed E-state index contributed by atoms with van der Waals surface area (Å²) in [6, 6.07) is 40.0. The molecule has 8 unspecified atom stereocenters. The summed E-state index contributed by atoms with van der Waals surface area (Å²) in [5, 5.41) is 2.30. The quantitative estimate of drug-likeness (QED) is 0.178. The van der Waals surface area contributed by atoms with Crippen molar-refractivity contribution in [3.05, 3.63) is 239 Å². The van der Waals surface area contributed by atoms with E-state index in [-0.39, 0.29) is 24.0 Å². The fraction of sp³-hybridized carbons (Fsp3) is 0.138. The molecule has 1 aromatic heterocycles. The van der Waals surface area contributed by atoms with Crippen LogP contribution in [0.5, 0.6) is 5.75 Å². The van der Waals surface area contributed by atoms with Crippen LogP contribution in [0.15, 0.2) is 227 Å². The summed E-state index contributed by atoms with van der Waals surface area (Å²) < 4.78 is 13.3. The summed E-state index contributed by atoms with van der Waals surface area (Å²) in [5.74, 6) is 3.16. The zero-order valence-corrected chi connectivity index (χ0v) is 33.4. The lowest BCUT2D eigenvalue weighted by atomic mass is 9.58. The Labute approximate surface area is 355 Å². The summed E-state index contributed by atoms with van der Waals surface area (Å²) >= 11 is 0. The van der Waals surface area contributed by atoms with Crippen LogP contribution in [0.2, 0.25) is 0 Å². The van der Waals surface area contributed by atoms with E-state index in [0.29, 0.717) is 23.7 Å². The van der Waals surface area contributed by atoms with Crippen molar-refractivity contribution in [3.63, 3.8) is 0 Å². The van der Waals surface area contributed by atoms with Crippen LogP contribution in [0.25, 0.3) is 38.6 Å². The Bertz CT molecular complexity index is 3220. The topological polar surface area (TPSA) is 25.6 Å². The molecule has 0 saturated heterocycles. The Morgan fingerprint density at radius 2 is 1.38 bits per heavy atom. The summed E-state index contributed by atoms with van der Waals surface area (Å²) in [6.07, 6.45) is 35.4. The number of hydrogen-bond acceptors (Lipinski definition) is 3. The molecule has 3 heteroatoms. The van der Waals surface area contributed by atoms with Crippen molar-refractivity contribution >= 4 is 38.9 Å². The van der Waals surface area contributed by atoms with E-state index >= 15 is 0 Å². The van der Waals surface area contributed by atoms with Crippen LogP contribution in [0.3, 0.4) is 0 Å². The fourth-order valence-electron chi connectivity index (χ4n) is 12.1. The van der Waals surface area contributed by atoms with Crippen molar-refractivity contribution in [2.45, 2.75) is 24.0 Å². The number of nitrogens with zero attached hydrogens (tertiary/aromatic N) is 1. The highest BCUT2D eigenvalue weighted by molar-refractivity contribution is 6.09. The lowest BCUT2D eigenvalue weighted by molar-refractivity contribution is 0.258. The SMILES string of the molecule is C1=CC2C=CC3=CC=C(c4ccc(N5c6ccc(-c7cccc8c7oc7ccccc78)cc6C6C=C(C7=CC=CC8c9ccccc9OC78)C=CC65)cc4)C4C=CC(=C1)C2C34. The van der Waals surface area contributed by atoms with E-state index in [1.165, 1.54) is 61.5 Å². The molecule has 0 bridgehead atoms. The van der Waals surface area contributed by atoms with Gasteiger partial charge in [-0.05, 0) is 75.4 Å². The molecular formula is C58H41NO2. The first-order valence-electron chi connectivity index (χ1n) is 21.9. The normalized spacial score (nSPS) is 27.9.